The smallest absolute Gasteiger partial charge is 0.338 e. The normalized spacial score (nSPS) is 17.5. The highest BCUT2D eigenvalue weighted by atomic mass is 32.1. The van der Waals surface area contributed by atoms with E-state index in [-0.39, 0.29) is 12.2 Å². The summed E-state index contributed by atoms with van der Waals surface area (Å²) in [6, 6.07) is 12.9. The maximum Gasteiger partial charge on any atom is 0.338 e. The van der Waals surface area contributed by atoms with Crippen molar-refractivity contribution in [2.75, 3.05) is 38.8 Å². The number of piperidine rings is 1. The van der Waals surface area contributed by atoms with E-state index in [2.05, 4.69) is 22.0 Å². The SMILES string of the molecule is CCOC(=O)C1=C(C)N=c2s/c(=C/c3ccc(N4CCCCC4)cc3)c(=O)n2[C@H]1c1cc(OC)ccc1OC. The summed E-state index contributed by atoms with van der Waals surface area (Å²) >= 11 is 1.30. The first-order valence-electron chi connectivity index (χ1n) is 13.2. The Morgan fingerprint density at radius 2 is 1.82 bits per heavy atom. The van der Waals surface area contributed by atoms with Gasteiger partial charge in [-0.3, -0.25) is 9.36 Å². The van der Waals surface area contributed by atoms with E-state index in [1.165, 1.54) is 36.3 Å². The van der Waals surface area contributed by atoms with Gasteiger partial charge in [-0.15, -0.1) is 0 Å². The minimum Gasteiger partial charge on any atom is -0.497 e. The summed E-state index contributed by atoms with van der Waals surface area (Å²) in [4.78, 5) is 34.7. The average molecular weight is 548 g/mol. The molecule has 5 rings (SSSR count). The van der Waals surface area contributed by atoms with Crippen molar-refractivity contribution in [3.8, 4) is 11.5 Å². The van der Waals surface area contributed by atoms with Crippen LogP contribution < -0.4 is 29.3 Å². The Balaban J connectivity index is 1.63. The predicted molar refractivity (Wildman–Crippen MR) is 152 cm³/mol. The second kappa shape index (κ2) is 11.5. The van der Waals surface area contributed by atoms with Gasteiger partial charge in [0.2, 0.25) is 0 Å². The van der Waals surface area contributed by atoms with Gasteiger partial charge in [-0.1, -0.05) is 23.5 Å². The first kappa shape index (κ1) is 26.7. The molecule has 1 fully saturated rings. The maximum atomic E-state index is 13.9. The van der Waals surface area contributed by atoms with Crippen molar-refractivity contribution in [1.29, 1.82) is 0 Å². The second-order valence-electron chi connectivity index (χ2n) is 9.55. The number of fused-ring (bicyclic) bond motifs is 1. The monoisotopic (exact) mass is 547 g/mol. The van der Waals surface area contributed by atoms with E-state index in [0.717, 1.165) is 18.7 Å². The summed E-state index contributed by atoms with van der Waals surface area (Å²) < 4.78 is 18.6. The molecule has 0 bridgehead atoms. The standard InChI is InChI=1S/C30H33N3O5S/c1-5-38-29(35)26-19(2)31-30-33(27(26)23-18-22(36-3)13-14-24(23)37-4)28(34)25(39-30)17-20-9-11-21(12-10-20)32-15-7-6-8-16-32/h9-14,17-18,27H,5-8,15-16H2,1-4H3/b25-17+/t27-/m0/s1. The Morgan fingerprint density at radius 3 is 2.49 bits per heavy atom. The van der Waals surface area contributed by atoms with Crippen LogP contribution in [0.3, 0.4) is 0 Å². The van der Waals surface area contributed by atoms with Gasteiger partial charge in [0.05, 0.1) is 36.6 Å². The van der Waals surface area contributed by atoms with Crippen molar-refractivity contribution >= 4 is 29.1 Å². The molecule has 3 aromatic rings. The maximum absolute atomic E-state index is 13.9. The summed E-state index contributed by atoms with van der Waals surface area (Å²) in [6.45, 7) is 5.88. The zero-order valence-electron chi connectivity index (χ0n) is 22.7. The highest BCUT2D eigenvalue weighted by Crippen LogP contribution is 2.37. The fourth-order valence-corrected chi connectivity index (χ4v) is 6.27. The molecule has 0 aliphatic carbocycles. The Bertz CT molecular complexity index is 1580. The van der Waals surface area contributed by atoms with E-state index < -0.39 is 12.0 Å². The van der Waals surface area contributed by atoms with Gasteiger partial charge in [0.1, 0.15) is 17.5 Å². The molecule has 9 heteroatoms. The first-order chi connectivity index (χ1) is 18.9. The Labute approximate surface area is 231 Å². The van der Waals surface area contributed by atoms with Crippen molar-refractivity contribution in [3.63, 3.8) is 0 Å². The number of carbonyl (C=O) groups excluding carboxylic acids is 1. The summed E-state index contributed by atoms with van der Waals surface area (Å²) in [5, 5.41) is 0. The van der Waals surface area contributed by atoms with Crippen LogP contribution in [0.4, 0.5) is 5.69 Å². The Hall–Kier alpha value is -3.85. The van der Waals surface area contributed by atoms with E-state index in [9.17, 15) is 9.59 Å². The number of aromatic nitrogens is 1. The van der Waals surface area contributed by atoms with Gasteiger partial charge >= 0.3 is 5.97 Å². The number of hydrogen-bond acceptors (Lipinski definition) is 8. The molecule has 2 aliphatic rings. The van der Waals surface area contributed by atoms with Crippen LogP contribution >= 0.6 is 11.3 Å². The number of ether oxygens (including phenoxy) is 3. The lowest BCUT2D eigenvalue weighted by Crippen LogP contribution is -2.40. The number of methoxy groups -OCH3 is 2. The number of nitrogens with zero attached hydrogens (tertiary/aromatic N) is 3. The molecule has 2 aliphatic heterocycles. The number of carbonyl (C=O) groups is 1. The summed E-state index contributed by atoms with van der Waals surface area (Å²) in [5.41, 5.74) is 3.32. The molecular weight excluding hydrogens is 514 g/mol. The molecule has 0 unspecified atom stereocenters. The van der Waals surface area contributed by atoms with Crippen molar-refractivity contribution in [2.24, 2.45) is 4.99 Å². The van der Waals surface area contributed by atoms with Gasteiger partial charge < -0.3 is 19.1 Å². The average Bonchev–Trinajstić information content (AvgIpc) is 3.26. The van der Waals surface area contributed by atoms with E-state index in [0.29, 0.717) is 37.7 Å². The molecule has 0 radical (unpaired) electrons. The zero-order chi connectivity index (χ0) is 27.5. The lowest BCUT2D eigenvalue weighted by Gasteiger charge is -2.28. The van der Waals surface area contributed by atoms with Crippen molar-refractivity contribution in [2.45, 2.75) is 39.2 Å². The molecule has 1 aromatic heterocycles. The lowest BCUT2D eigenvalue weighted by molar-refractivity contribution is -0.139. The highest BCUT2D eigenvalue weighted by Gasteiger charge is 2.35. The number of thiazole rings is 1. The molecule has 0 amide bonds. The third-order valence-corrected chi connectivity index (χ3v) is 8.14. The zero-order valence-corrected chi connectivity index (χ0v) is 23.5. The number of benzene rings is 2. The van der Waals surface area contributed by atoms with E-state index in [1.54, 1.807) is 50.8 Å². The van der Waals surface area contributed by atoms with Crippen LogP contribution in [0.2, 0.25) is 0 Å². The van der Waals surface area contributed by atoms with Crippen LogP contribution in [0.25, 0.3) is 6.08 Å². The topological polar surface area (TPSA) is 82.4 Å². The largest absolute Gasteiger partial charge is 0.497 e. The Morgan fingerprint density at radius 1 is 1.08 bits per heavy atom. The molecule has 3 heterocycles. The summed E-state index contributed by atoms with van der Waals surface area (Å²) in [7, 11) is 3.13. The van der Waals surface area contributed by atoms with Gasteiger partial charge in [0.25, 0.3) is 5.56 Å². The van der Waals surface area contributed by atoms with Gasteiger partial charge in [0, 0.05) is 24.3 Å². The van der Waals surface area contributed by atoms with Gasteiger partial charge in [-0.2, -0.15) is 0 Å². The fourth-order valence-electron chi connectivity index (χ4n) is 5.22. The van der Waals surface area contributed by atoms with Crippen molar-refractivity contribution in [3.05, 3.63) is 84.5 Å². The molecule has 0 N–H and O–H groups in total. The molecule has 1 saturated heterocycles. The number of anilines is 1. The molecule has 204 valence electrons. The minimum absolute atomic E-state index is 0.204. The first-order valence-corrected chi connectivity index (χ1v) is 14.0. The van der Waals surface area contributed by atoms with E-state index >= 15 is 0 Å². The van der Waals surface area contributed by atoms with Crippen LogP contribution in [0, 0.1) is 0 Å². The second-order valence-corrected chi connectivity index (χ2v) is 10.6. The lowest BCUT2D eigenvalue weighted by atomic mass is 9.94. The van der Waals surface area contributed by atoms with Crippen LogP contribution in [-0.2, 0) is 9.53 Å². The third kappa shape index (κ3) is 5.23. The minimum atomic E-state index is -0.783. The van der Waals surface area contributed by atoms with Crippen LogP contribution in [-0.4, -0.2) is 44.5 Å². The molecule has 2 aromatic carbocycles. The van der Waals surface area contributed by atoms with Crippen LogP contribution in [0.15, 0.2) is 63.5 Å². The van der Waals surface area contributed by atoms with Gasteiger partial charge in [0.15, 0.2) is 4.80 Å². The molecule has 0 spiro atoms. The van der Waals surface area contributed by atoms with Crippen molar-refractivity contribution in [1.82, 2.24) is 4.57 Å². The molecule has 39 heavy (non-hydrogen) atoms. The summed E-state index contributed by atoms with van der Waals surface area (Å²) in [5.74, 6) is 0.593. The number of rotatable bonds is 7. The third-order valence-electron chi connectivity index (χ3n) is 7.16. The Kier molecular flexibility index (Phi) is 7.88. The quantitative estimate of drug-likeness (QED) is 0.419. The molecule has 8 nitrogen and oxygen atoms in total. The molecule has 1 atom stereocenters. The van der Waals surface area contributed by atoms with E-state index in [4.69, 9.17) is 14.2 Å². The number of esters is 1. The molecule has 0 saturated carbocycles. The summed E-state index contributed by atoms with van der Waals surface area (Å²) in [6.07, 6.45) is 5.60. The van der Waals surface area contributed by atoms with Gasteiger partial charge in [-0.05, 0) is 75.1 Å². The van der Waals surface area contributed by atoms with E-state index in [1.807, 2.05) is 18.2 Å². The van der Waals surface area contributed by atoms with Crippen LogP contribution in [0.1, 0.15) is 50.3 Å². The predicted octanol–water partition coefficient (Wildman–Crippen LogP) is 3.81. The van der Waals surface area contributed by atoms with Crippen LogP contribution in [0.5, 0.6) is 11.5 Å². The number of hydrogen-bond donors (Lipinski definition) is 0. The molecular formula is C30H33N3O5S. The number of allylic oxidation sites excluding steroid dienone is 1. The van der Waals surface area contributed by atoms with Gasteiger partial charge in [-0.25, -0.2) is 9.79 Å². The fraction of sp³-hybridized carbons (Fsp3) is 0.367. The highest BCUT2D eigenvalue weighted by molar-refractivity contribution is 7.07. The van der Waals surface area contributed by atoms with Crippen molar-refractivity contribution < 1.29 is 19.0 Å².